The average molecular weight is 248 g/mol. The van der Waals surface area contributed by atoms with Crippen molar-refractivity contribution in [2.24, 2.45) is 0 Å². The molecule has 0 bridgehead atoms. The molecule has 0 unspecified atom stereocenters. The van der Waals surface area contributed by atoms with Crippen molar-refractivity contribution in [3.8, 4) is 0 Å². The minimum atomic E-state index is 0.250. The van der Waals surface area contributed by atoms with Crippen LogP contribution in [0.3, 0.4) is 0 Å². The molecule has 92 valence electrons. The molecular weight excluding hydrogens is 230 g/mol. The predicted octanol–water partition coefficient (Wildman–Crippen LogP) is 1.47. The molecule has 16 heavy (non-hydrogen) atoms. The summed E-state index contributed by atoms with van der Waals surface area (Å²) in [6.45, 7) is 3.49. The van der Waals surface area contributed by atoms with E-state index in [9.17, 15) is 0 Å². The fourth-order valence-electron chi connectivity index (χ4n) is 1.54. The number of aliphatic hydroxyl groups is 1. The van der Waals surface area contributed by atoms with Crippen LogP contribution in [0.2, 0.25) is 5.15 Å². The van der Waals surface area contributed by atoms with E-state index in [1.54, 1.807) is 17.8 Å². The maximum absolute atomic E-state index is 7.57. The van der Waals surface area contributed by atoms with Crippen molar-refractivity contribution in [1.29, 1.82) is 0 Å². The van der Waals surface area contributed by atoms with Crippen molar-refractivity contribution < 1.29 is 9.84 Å². The van der Waals surface area contributed by atoms with Gasteiger partial charge in [-0.3, -0.25) is 0 Å². The van der Waals surface area contributed by atoms with Gasteiger partial charge in [-0.1, -0.05) is 11.6 Å². The first kappa shape index (κ1) is 13.3. The SMILES string of the molecule is CCO.Nc1cnn(C2CCOCC2)c1Cl. The Kier molecular flexibility index (Phi) is 5.59. The Hall–Kier alpha value is -0.780. The van der Waals surface area contributed by atoms with Gasteiger partial charge in [-0.2, -0.15) is 5.10 Å². The molecule has 3 N–H and O–H groups in total. The Balaban J connectivity index is 0.000000386. The molecule has 1 aromatic rings. The largest absolute Gasteiger partial charge is 0.397 e. The molecule has 0 aliphatic carbocycles. The summed E-state index contributed by atoms with van der Waals surface area (Å²) in [5.41, 5.74) is 6.15. The zero-order valence-electron chi connectivity index (χ0n) is 9.40. The van der Waals surface area contributed by atoms with E-state index in [2.05, 4.69) is 5.10 Å². The maximum Gasteiger partial charge on any atom is 0.150 e. The summed E-state index contributed by atoms with van der Waals surface area (Å²) in [4.78, 5) is 0. The molecule has 2 rings (SSSR count). The fourth-order valence-corrected chi connectivity index (χ4v) is 1.78. The number of halogens is 1. The number of aromatic nitrogens is 2. The fraction of sp³-hybridized carbons (Fsp3) is 0.700. The molecule has 0 saturated carbocycles. The van der Waals surface area contributed by atoms with E-state index < -0.39 is 0 Å². The van der Waals surface area contributed by atoms with Crippen LogP contribution in [0.4, 0.5) is 5.69 Å². The van der Waals surface area contributed by atoms with E-state index in [1.165, 1.54) is 0 Å². The van der Waals surface area contributed by atoms with E-state index >= 15 is 0 Å². The predicted molar refractivity (Wildman–Crippen MR) is 63.5 cm³/mol. The zero-order valence-corrected chi connectivity index (χ0v) is 10.2. The number of nitrogens with two attached hydrogens (primary N) is 1. The molecule has 0 aromatic carbocycles. The Morgan fingerprint density at radius 3 is 2.62 bits per heavy atom. The number of rotatable bonds is 1. The molecule has 1 aliphatic rings. The van der Waals surface area contributed by atoms with Gasteiger partial charge >= 0.3 is 0 Å². The van der Waals surface area contributed by atoms with Crippen molar-refractivity contribution in [3.05, 3.63) is 11.3 Å². The number of anilines is 1. The van der Waals surface area contributed by atoms with Crippen LogP contribution >= 0.6 is 11.6 Å². The summed E-state index contributed by atoms with van der Waals surface area (Å²) < 4.78 is 7.04. The van der Waals surface area contributed by atoms with Gasteiger partial charge in [0.25, 0.3) is 0 Å². The van der Waals surface area contributed by atoms with E-state index in [0.717, 1.165) is 26.1 Å². The van der Waals surface area contributed by atoms with Crippen LogP contribution in [0.1, 0.15) is 25.8 Å². The highest BCUT2D eigenvalue weighted by atomic mass is 35.5. The van der Waals surface area contributed by atoms with Gasteiger partial charge in [-0.15, -0.1) is 0 Å². The zero-order chi connectivity index (χ0) is 12.0. The number of hydrogen-bond acceptors (Lipinski definition) is 4. The molecule has 2 heterocycles. The highest BCUT2D eigenvalue weighted by molar-refractivity contribution is 6.32. The lowest BCUT2D eigenvalue weighted by molar-refractivity contribution is 0.0663. The van der Waals surface area contributed by atoms with E-state index in [-0.39, 0.29) is 6.61 Å². The number of ether oxygens (including phenoxy) is 1. The molecule has 1 saturated heterocycles. The Bertz CT molecular complexity index is 311. The Morgan fingerprint density at radius 2 is 2.19 bits per heavy atom. The number of aliphatic hydroxyl groups excluding tert-OH is 1. The third-order valence-corrected chi connectivity index (χ3v) is 2.69. The molecule has 0 spiro atoms. The number of nitrogens with zero attached hydrogens (tertiary/aromatic N) is 2. The van der Waals surface area contributed by atoms with Gasteiger partial charge < -0.3 is 15.6 Å². The molecule has 1 aromatic heterocycles. The summed E-state index contributed by atoms with van der Waals surface area (Å²) in [6, 6.07) is 0.346. The van der Waals surface area contributed by atoms with Crippen LogP contribution in [0.25, 0.3) is 0 Å². The highest BCUT2D eigenvalue weighted by Crippen LogP contribution is 2.27. The number of nitrogen functional groups attached to an aromatic ring is 1. The topological polar surface area (TPSA) is 73.3 Å². The van der Waals surface area contributed by atoms with Crippen LogP contribution in [0, 0.1) is 0 Å². The van der Waals surface area contributed by atoms with Crippen molar-refractivity contribution in [2.75, 3.05) is 25.6 Å². The van der Waals surface area contributed by atoms with Crippen molar-refractivity contribution in [1.82, 2.24) is 9.78 Å². The first-order valence-electron chi connectivity index (χ1n) is 5.37. The molecule has 5 nitrogen and oxygen atoms in total. The summed E-state index contributed by atoms with van der Waals surface area (Å²) in [5, 5.41) is 12.3. The highest BCUT2D eigenvalue weighted by Gasteiger charge is 2.19. The van der Waals surface area contributed by atoms with Gasteiger partial charge in [0.15, 0.2) is 0 Å². The van der Waals surface area contributed by atoms with Gasteiger partial charge in [-0.05, 0) is 19.8 Å². The quantitative estimate of drug-likeness (QED) is 0.788. The van der Waals surface area contributed by atoms with Gasteiger partial charge in [0.05, 0.1) is 17.9 Å². The van der Waals surface area contributed by atoms with Crippen molar-refractivity contribution in [2.45, 2.75) is 25.8 Å². The third kappa shape index (κ3) is 3.37. The average Bonchev–Trinajstić information content (AvgIpc) is 2.62. The van der Waals surface area contributed by atoms with Crippen LogP contribution in [-0.2, 0) is 4.74 Å². The second-order valence-electron chi connectivity index (χ2n) is 3.50. The first-order chi connectivity index (χ1) is 7.70. The molecule has 1 fully saturated rings. The van der Waals surface area contributed by atoms with Crippen LogP contribution in [0.15, 0.2) is 6.20 Å². The molecule has 0 radical (unpaired) electrons. The van der Waals surface area contributed by atoms with E-state index in [4.69, 9.17) is 27.2 Å². The van der Waals surface area contributed by atoms with Gasteiger partial charge in [0.1, 0.15) is 5.15 Å². The second-order valence-corrected chi connectivity index (χ2v) is 3.85. The van der Waals surface area contributed by atoms with E-state index in [1.807, 2.05) is 0 Å². The lowest BCUT2D eigenvalue weighted by Gasteiger charge is -2.22. The van der Waals surface area contributed by atoms with Gasteiger partial charge in [0, 0.05) is 19.8 Å². The summed E-state index contributed by atoms with van der Waals surface area (Å²) in [6.07, 6.45) is 3.51. The van der Waals surface area contributed by atoms with Crippen LogP contribution < -0.4 is 5.73 Å². The first-order valence-corrected chi connectivity index (χ1v) is 5.75. The van der Waals surface area contributed by atoms with Crippen molar-refractivity contribution in [3.63, 3.8) is 0 Å². The van der Waals surface area contributed by atoms with Crippen molar-refractivity contribution >= 4 is 17.3 Å². The normalized spacial score (nSPS) is 16.7. The molecule has 0 atom stereocenters. The minimum absolute atomic E-state index is 0.250. The Labute approximate surface area is 100 Å². The summed E-state index contributed by atoms with van der Waals surface area (Å²) in [5.74, 6) is 0. The van der Waals surface area contributed by atoms with E-state index in [0.29, 0.717) is 16.9 Å². The molecule has 1 aliphatic heterocycles. The van der Waals surface area contributed by atoms with Crippen LogP contribution in [0.5, 0.6) is 0 Å². The minimum Gasteiger partial charge on any atom is -0.397 e. The monoisotopic (exact) mass is 247 g/mol. The third-order valence-electron chi connectivity index (χ3n) is 2.30. The smallest absolute Gasteiger partial charge is 0.150 e. The lowest BCUT2D eigenvalue weighted by atomic mass is 10.1. The molecule has 0 amide bonds. The Morgan fingerprint density at radius 1 is 1.62 bits per heavy atom. The summed E-state index contributed by atoms with van der Waals surface area (Å²) in [7, 11) is 0. The van der Waals surface area contributed by atoms with Gasteiger partial charge in [0.2, 0.25) is 0 Å². The molecular formula is C10H18ClN3O2. The maximum atomic E-state index is 7.57. The second kappa shape index (κ2) is 6.73. The number of hydrogen-bond donors (Lipinski definition) is 2. The lowest BCUT2D eigenvalue weighted by Crippen LogP contribution is -2.20. The standard InChI is InChI=1S/C8H12ClN3O.C2H6O/c9-8-7(10)5-11-12(8)6-1-3-13-4-2-6;1-2-3/h5-6H,1-4,10H2;3H,2H2,1H3. The van der Waals surface area contributed by atoms with Crippen LogP contribution in [-0.4, -0.2) is 34.7 Å². The van der Waals surface area contributed by atoms with Gasteiger partial charge in [-0.25, -0.2) is 4.68 Å². The summed E-state index contributed by atoms with van der Waals surface area (Å²) >= 11 is 5.98. The molecule has 6 heteroatoms.